The van der Waals surface area contributed by atoms with Crippen LogP contribution in [0.4, 0.5) is 10.1 Å². The quantitative estimate of drug-likeness (QED) is 0.302. The minimum Gasteiger partial charge on any atom is -0.452 e. The van der Waals surface area contributed by atoms with Crippen molar-refractivity contribution in [3.05, 3.63) is 114 Å². The molecule has 7 heteroatoms. The van der Waals surface area contributed by atoms with E-state index in [-0.39, 0.29) is 5.69 Å². The maximum absolute atomic E-state index is 13.6. The van der Waals surface area contributed by atoms with Crippen molar-refractivity contribution in [2.24, 2.45) is 0 Å². The van der Waals surface area contributed by atoms with Crippen molar-refractivity contribution in [2.45, 2.75) is 6.54 Å². The van der Waals surface area contributed by atoms with Gasteiger partial charge in [0.1, 0.15) is 5.82 Å². The fraction of sp³-hybridized carbons (Fsp3) is 0.0741. The normalized spacial score (nSPS) is 10.9. The molecular formula is C27H22FN3O3. The van der Waals surface area contributed by atoms with Gasteiger partial charge in [-0.2, -0.15) is 5.10 Å². The number of aromatic nitrogens is 2. The monoisotopic (exact) mass is 455 g/mol. The van der Waals surface area contributed by atoms with Crippen LogP contribution in [0.15, 0.2) is 97.2 Å². The molecule has 1 aromatic heterocycles. The summed E-state index contributed by atoms with van der Waals surface area (Å²) in [7, 11) is 0. The number of nitrogens with zero attached hydrogens (tertiary/aromatic N) is 2. The number of anilines is 1. The molecule has 0 radical (unpaired) electrons. The summed E-state index contributed by atoms with van der Waals surface area (Å²) in [6, 6.07) is 25.3. The zero-order valence-corrected chi connectivity index (χ0v) is 18.2. The zero-order valence-electron chi connectivity index (χ0n) is 18.2. The molecule has 0 atom stereocenters. The summed E-state index contributed by atoms with van der Waals surface area (Å²) in [4.78, 5) is 24.2. The van der Waals surface area contributed by atoms with Crippen LogP contribution in [0.25, 0.3) is 17.3 Å². The van der Waals surface area contributed by atoms with Gasteiger partial charge in [0, 0.05) is 23.4 Å². The molecule has 0 bridgehead atoms. The first-order valence-electron chi connectivity index (χ1n) is 10.6. The molecule has 34 heavy (non-hydrogen) atoms. The molecule has 0 aliphatic rings. The molecule has 3 aromatic carbocycles. The summed E-state index contributed by atoms with van der Waals surface area (Å²) < 4.78 is 20.4. The highest BCUT2D eigenvalue weighted by Crippen LogP contribution is 2.23. The lowest BCUT2D eigenvalue weighted by molar-refractivity contribution is -0.142. The van der Waals surface area contributed by atoms with E-state index in [1.807, 2.05) is 71.5 Å². The minimum atomic E-state index is -0.696. The van der Waals surface area contributed by atoms with Crippen LogP contribution < -0.4 is 5.32 Å². The molecule has 0 aliphatic carbocycles. The molecule has 4 aromatic rings. The van der Waals surface area contributed by atoms with Gasteiger partial charge in [-0.3, -0.25) is 9.48 Å². The fourth-order valence-corrected chi connectivity index (χ4v) is 3.32. The molecular weight excluding hydrogens is 433 g/mol. The number of esters is 1. The lowest BCUT2D eigenvalue weighted by Gasteiger charge is -2.06. The van der Waals surface area contributed by atoms with Crippen molar-refractivity contribution in [2.75, 3.05) is 11.9 Å². The van der Waals surface area contributed by atoms with Gasteiger partial charge in [-0.15, -0.1) is 0 Å². The van der Waals surface area contributed by atoms with Gasteiger partial charge in [0.05, 0.1) is 17.9 Å². The van der Waals surface area contributed by atoms with Crippen molar-refractivity contribution >= 4 is 23.6 Å². The van der Waals surface area contributed by atoms with Crippen LogP contribution in [-0.2, 0) is 20.9 Å². The summed E-state index contributed by atoms with van der Waals surface area (Å²) in [5.74, 6) is -1.89. The number of carbonyl (C=O) groups is 2. The summed E-state index contributed by atoms with van der Waals surface area (Å²) in [5, 5.41) is 7.06. The van der Waals surface area contributed by atoms with Crippen LogP contribution in [-0.4, -0.2) is 28.3 Å². The average molecular weight is 455 g/mol. The van der Waals surface area contributed by atoms with Gasteiger partial charge in [-0.25, -0.2) is 9.18 Å². The van der Waals surface area contributed by atoms with Gasteiger partial charge >= 0.3 is 5.97 Å². The van der Waals surface area contributed by atoms with Crippen LogP contribution in [0.5, 0.6) is 0 Å². The highest BCUT2D eigenvalue weighted by Gasteiger charge is 2.11. The second-order valence-corrected chi connectivity index (χ2v) is 7.45. The molecule has 6 nitrogen and oxygen atoms in total. The van der Waals surface area contributed by atoms with Crippen molar-refractivity contribution in [3.8, 4) is 11.3 Å². The third kappa shape index (κ3) is 6.04. The molecule has 0 unspecified atom stereocenters. The first-order chi connectivity index (χ1) is 16.6. The number of benzene rings is 3. The number of ether oxygens (including phenoxy) is 1. The number of hydrogen-bond donors (Lipinski definition) is 1. The first kappa shape index (κ1) is 22.7. The third-order valence-corrected chi connectivity index (χ3v) is 4.92. The zero-order chi connectivity index (χ0) is 23.8. The Morgan fingerprint density at radius 1 is 0.941 bits per heavy atom. The SMILES string of the molecule is O=C(COC(=O)/C=C/c1cn(Cc2ccccc2)nc1-c1ccccc1)Nc1ccccc1F. The standard InChI is InChI=1S/C27H22FN3O3/c28-23-13-7-8-14-24(23)29-25(32)19-34-26(33)16-15-22-18-31(17-20-9-3-1-4-10-20)30-27(22)21-11-5-2-6-12-21/h1-16,18H,17,19H2,(H,29,32)/b16-15+. The number of amides is 1. The van der Waals surface area contributed by atoms with Crippen molar-refractivity contribution in [3.63, 3.8) is 0 Å². The summed E-state index contributed by atoms with van der Waals surface area (Å²) >= 11 is 0. The highest BCUT2D eigenvalue weighted by atomic mass is 19.1. The predicted molar refractivity (Wildman–Crippen MR) is 128 cm³/mol. The Kier molecular flexibility index (Phi) is 7.25. The molecule has 0 fully saturated rings. The lowest BCUT2D eigenvalue weighted by atomic mass is 10.1. The van der Waals surface area contributed by atoms with E-state index in [1.165, 1.54) is 24.3 Å². The second-order valence-electron chi connectivity index (χ2n) is 7.45. The smallest absolute Gasteiger partial charge is 0.331 e. The number of halogens is 1. The fourth-order valence-electron chi connectivity index (χ4n) is 3.32. The highest BCUT2D eigenvalue weighted by molar-refractivity contribution is 5.95. The average Bonchev–Trinajstić information content (AvgIpc) is 3.26. The molecule has 0 spiro atoms. The number of carbonyl (C=O) groups excluding carboxylic acids is 2. The third-order valence-electron chi connectivity index (χ3n) is 4.92. The Bertz CT molecular complexity index is 1300. The van der Waals surface area contributed by atoms with Gasteiger partial charge < -0.3 is 10.1 Å². The number of nitrogens with one attached hydrogen (secondary N) is 1. The summed E-state index contributed by atoms with van der Waals surface area (Å²) in [6.45, 7) is 0.0471. The van der Waals surface area contributed by atoms with Crippen molar-refractivity contribution in [1.29, 1.82) is 0 Å². The van der Waals surface area contributed by atoms with E-state index in [0.717, 1.165) is 22.4 Å². The molecule has 170 valence electrons. The number of rotatable bonds is 8. The summed E-state index contributed by atoms with van der Waals surface area (Å²) in [5.41, 5.74) is 3.48. The lowest BCUT2D eigenvalue weighted by Crippen LogP contribution is -2.20. The predicted octanol–water partition coefficient (Wildman–Crippen LogP) is 4.93. The van der Waals surface area contributed by atoms with Gasteiger partial charge in [-0.1, -0.05) is 72.8 Å². The van der Waals surface area contributed by atoms with Crippen molar-refractivity contribution < 1.29 is 18.7 Å². The number of para-hydroxylation sites is 1. The van der Waals surface area contributed by atoms with E-state index < -0.39 is 24.3 Å². The Morgan fingerprint density at radius 2 is 1.62 bits per heavy atom. The van der Waals surface area contributed by atoms with Crippen LogP contribution in [0.2, 0.25) is 0 Å². The topological polar surface area (TPSA) is 73.2 Å². The molecule has 4 rings (SSSR count). The van der Waals surface area contributed by atoms with Gasteiger partial charge in [-0.05, 0) is 23.8 Å². The molecule has 0 saturated carbocycles. The van der Waals surface area contributed by atoms with Gasteiger partial charge in [0.2, 0.25) is 0 Å². The van der Waals surface area contributed by atoms with E-state index in [1.54, 1.807) is 12.1 Å². The van der Waals surface area contributed by atoms with Crippen LogP contribution >= 0.6 is 0 Å². The molecule has 1 N–H and O–H groups in total. The van der Waals surface area contributed by atoms with Crippen LogP contribution in [0, 0.1) is 5.82 Å². The van der Waals surface area contributed by atoms with Crippen LogP contribution in [0.1, 0.15) is 11.1 Å². The first-order valence-corrected chi connectivity index (χ1v) is 10.6. The largest absolute Gasteiger partial charge is 0.452 e. The van der Waals surface area contributed by atoms with E-state index in [0.29, 0.717) is 6.54 Å². The van der Waals surface area contributed by atoms with Crippen LogP contribution in [0.3, 0.4) is 0 Å². The Hall–Kier alpha value is -4.52. The molecule has 0 saturated heterocycles. The number of hydrogen-bond acceptors (Lipinski definition) is 4. The van der Waals surface area contributed by atoms with Gasteiger partial charge in [0.25, 0.3) is 5.91 Å². The molecule has 0 aliphatic heterocycles. The minimum absolute atomic E-state index is 0.0254. The van der Waals surface area contributed by atoms with Crippen molar-refractivity contribution in [1.82, 2.24) is 9.78 Å². The maximum atomic E-state index is 13.6. The Labute approximate surface area is 196 Å². The van der Waals surface area contributed by atoms with Gasteiger partial charge in [0.15, 0.2) is 6.61 Å². The van der Waals surface area contributed by atoms with E-state index in [9.17, 15) is 14.0 Å². The maximum Gasteiger partial charge on any atom is 0.331 e. The van der Waals surface area contributed by atoms with E-state index in [4.69, 9.17) is 9.84 Å². The van der Waals surface area contributed by atoms with E-state index >= 15 is 0 Å². The Morgan fingerprint density at radius 3 is 2.35 bits per heavy atom. The summed E-state index contributed by atoms with van der Waals surface area (Å²) in [6.07, 6.45) is 4.70. The Balaban J connectivity index is 1.44. The van der Waals surface area contributed by atoms with E-state index in [2.05, 4.69) is 5.32 Å². The second kappa shape index (κ2) is 10.9. The molecule has 1 amide bonds. The molecule has 1 heterocycles.